The summed E-state index contributed by atoms with van der Waals surface area (Å²) in [7, 11) is 0. The van der Waals surface area contributed by atoms with Crippen LogP contribution in [0.2, 0.25) is 0 Å². The number of hydrogen-bond donors (Lipinski definition) is 0. The second kappa shape index (κ2) is 17.0. The highest BCUT2D eigenvalue weighted by Crippen LogP contribution is 2.14. The lowest BCUT2D eigenvalue weighted by atomic mass is 10.0. The molecule has 1 aromatic carbocycles. The van der Waals surface area contributed by atoms with Crippen LogP contribution in [0.25, 0.3) is 5.69 Å². The summed E-state index contributed by atoms with van der Waals surface area (Å²) in [5.41, 5.74) is 1.25. The lowest BCUT2D eigenvalue weighted by Gasteiger charge is -2.04. The van der Waals surface area contributed by atoms with Crippen LogP contribution in [0, 0.1) is 6.92 Å². The molecule has 0 radical (unpaired) electrons. The average molecular weight is 426 g/mol. The summed E-state index contributed by atoms with van der Waals surface area (Å²) in [6.45, 7) is 5.66. The molecule has 0 saturated heterocycles. The predicted octanol–water partition coefficient (Wildman–Crippen LogP) is 8.72. The Morgan fingerprint density at radius 3 is 1.55 bits per heavy atom. The van der Waals surface area contributed by atoms with Gasteiger partial charge in [0.2, 0.25) is 0 Å². The molecule has 2 nitrogen and oxygen atoms in total. The first kappa shape index (κ1) is 25.7. The topological polar surface area (TPSA) is 8.81 Å². The van der Waals surface area contributed by atoms with Crippen molar-refractivity contribution in [1.29, 1.82) is 0 Å². The highest BCUT2D eigenvalue weighted by molar-refractivity contribution is 5.31. The molecule has 0 saturated carbocycles. The number of aromatic nitrogens is 2. The van der Waals surface area contributed by atoms with E-state index < -0.39 is 0 Å². The molecule has 2 aromatic rings. The van der Waals surface area contributed by atoms with Gasteiger partial charge in [-0.3, -0.25) is 0 Å². The maximum atomic E-state index is 2.40. The van der Waals surface area contributed by atoms with E-state index in [1.54, 1.807) is 0 Å². The first-order valence-corrected chi connectivity index (χ1v) is 13.5. The number of rotatable bonds is 19. The second-order valence-corrected chi connectivity index (χ2v) is 9.40. The molecule has 2 rings (SSSR count). The Morgan fingerprint density at radius 2 is 1.06 bits per heavy atom. The molecule has 1 heterocycles. The van der Waals surface area contributed by atoms with E-state index in [0.29, 0.717) is 0 Å². The number of aryl methyl sites for hydroxylation is 1. The molecule has 31 heavy (non-hydrogen) atoms. The van der Waals surface area contributed by atoms with Crippen LogP contribution in [0.15, 0.2) is 42.7 Å². The summed E-state index contributed by atoms with van der Waals surface area (Å²) in [5, 5.41) is 0. The van der Waals surface area contributed by atoms with Gasteiger partial charge in [-0.05, 0) is 25.0 Å². The maximum absolute atomic E-state index is 2.40. The SMILES string of the molecule is CCCCCCCCCCCCCCCCCCC[n+]1ccn(-c2ccccc2)c1C. The Bertz CT molecular complexity index is 659. The van der Waals surface area contributed by atoms with Gasteiger partial charge in [-0.15, -0.1) is 0 Å². The molecule has 0 unspecified atom stereocenters. The van der Waals surface area contributed by atoms with Gasteiger partial charge in [0.05, 0.1) is 6.54 Å². The number of para-hydroxylation sites is 1. The van der Waals surface area contributed by atoms with Crippen LogP contribution in [0.5, 0.6) is 0 Å². The van der Waals surface area contributed by atoms with E-state index in [-0.39, 0.29) is 0 Å². The van der Waals surface area contributed by atoms with Crippen molar-refractivity contribution in [2.75, 3.05) is 0 Å². The zero-order valence-corrected chi connectivity index (χ0v) is 20.7. The lowest BCUT2D eigenvalue weighted by molar-refractivity contribution is -0.702. The highest BCUT2D eigenvalue weighted by atomic mass is 15.1. The van der Waals surface area contributed by atoms with Gasteiger partial charge in [-0.1, -0.05) is 121 Å². The minimum atomic E-state index is 1.14. The molecular weight excluding hydrogens is 376 g/mol. The van der Waals surface area contributed by atoms with Crippen LogP contribution < -0.4 is 4.57 Å². The van der Waals surface area contributed by atoms with Gasteiger partial charge in [0, 0.05) is 6.92 Å². The molecule has 0 fully saturated rings. The molecule has 0 aliphatic heterocycles. The van der Waals surface area contributed by atoms with Crippen molar-refractivity contribution in [2.24, 2.45) is 0 Å². The predicted molar refractivity (Wildman–Crippen MR) is 135 cm³/mol. The summed E-state index contributed by atoms with van der Waals surface area (Å²) in [6.07, 6.45) is 28.8. The Labute approximate surface area is 193 Å². The minimum Gasteiger partial charge on any atom is -0.234 e. The average Bonchev–Trinajstić information content (AvgIpc) is 3.16. The first-order valence-electron chi connectivity index (χ1n) is 13.5. The van der Waals surface area contributed by atoms with Crippen molar-refractivity contribution in [3.8, 4) is 5.69 Å². The number of unbranched alkanes of at least 4 members (excludes halogenated alkanes) is 16. The molecule has 174 valence electrons. The third kappa shape index (κ3) is 11.0. The van der Waals surface area contributed by atoms with Gasteiger partial charge in [-0.2, -0.15) is 0 Å². The zero-order chi connectivity index (χ0) is 22.0. The third-order valence-corrected chi connectivity index (χ3v) is 6.70. The zero-order valence-electron chi connectivity index (χ0n) is 20.7. The van der Waals surface area contributed by atoms with Crippen LogP contribution in [-0.2, 0) is 6.54 Å². The Hall–Kier alpha value is -1.57. The van der Waals surface area contributed by atoms with E-state index in [2.05, 4.69) is 65.7 Å². The van der Waals surface area contributed by atoms with E-state index in [9.17, 15) is 0 Å². The summed E-state index contributed by atoms with van der Waals surface area (Å²) in [4.78, 5) is 0. The lowest BCUT2D eigenvalue weighted by Crippen LogP contribution is -2.35. The van der Waals surface area contributed by atoms with Gasteiger partial charge in [-0.25, -0.2) is 9.13 Å². The fourth-order valence-corrected chi connectivity index (χ4v) is 4.61. The van der Waals surface area contributed by atoms with E-state index in [0.717, 1.165) is 6.54 Å². The summed E-state index contributed by atoms with van der Waals surface area (Å²) >= 11 is 0. The smallest absolute Gasteiger partial charge is 0.234 e. The molecule has 0 aliphatic rings. The van der Waals surface area contributed by atoms with Crippen LogP contribution in [0.1, 0.15) is 122 Å². The van der Waals surface area contributed by atoms with Crippen LogP contribution in [0.4, 0.5) is 0 Å². The normalized spacial score (nSPS) is 11.3. The quantitative estimate of drug-likeness (QED) is 0.157. The van der Waals surface area contributed by atoms with Crippen molar-refractivity contribution >= 4 is 0 Å². The number of hydrogen-bond acceptors (Lipinski definition) is 0. The van der Waals surface area contributed by atoms with Gasteiger partial charge >= 0.3 is 0 Å². The number of imidazole rings is 1. The molecular formula is C29H49N2+. The van der Waals surface area contributed by atoms with Crippen molar-refractivity contribution in [3.05, 3.63) is 48.5 Å². The van der Waals surface area contributed by atoms with Crippen LogP contribution in [-0.4, -0.2) is 4.57 Å². The van der Waals surface area contributed by atoms with E-state index >= 15 is 0 Å². The standard InChI is InChI=1S/C29H49N2/c1-3-4-5-6-7-8-9-10-11-12-13-14-15-16-17-18-22-25-30-26-27-31(28(30)2)29-23-20-19-21-24-29/h19-21,23-24,26-27H,3-18,22,25H2,1-2H3/q+1. The van der Waals surface area contributed by atoms with Gasteiger partial charge in [0.1, 0.15) is 18.1 Å². The van der Waals surface area contributed by atoms with Crippen molar-refractivity contribution in [3.63, 3.8) is 0 Å². The van der Waals surface area contributed by atoms with E-state index in [1.807, 2.05) is 0 Å². The van der Waals surface area contributed by atoms with Crippen molar-refractivity contribution in [1.82, 2.24) is 4.57 Å². The maximum Gasteiger partial charge on any atom is 0.258 e. The fourth-order valence-electron chi connectivity index (χ4n) is 4.61. The summed E-state index contributed by atoms with van der Waals surface area (Å²) in [6, 6.07) is 10.6. The first-order chi connectivity index (χ1) is 15.3. The fraction of sp³-hybridized carbons (Fsp3) is 0.690. The molecule has 2 heteroatoms. The number of nitrogens with zero attached hydrogens (tertiary/aromatic N) is 2. The van der Waals surface area contributed by atoms with Crippen molar-refractivity contribution in [2.45, 2.75) is 130 Å². The van der Waals surface area contributed by atoms with Crippen LogP contribution >= 0.6 is 0 Å². The molecule has 0 bridgehead atoms. The van der Waals surface area contributed by atoms with Gasteiger partial charge in [0.15, 0.2) is 0 Å². The Balaban J connectivity index is 1.38. The Kier molecular flexibility index (Phi) is 14.1. The molecule has 1 aromatic heterocycles. The minimum absolute atomic E-state index is 1.14. The monoisotopic (exact) mass is 425 g/mol. The van der Waals surface area contributed by atoms with Crippen molar-refractivity contribution < 1.29 is 4.57 Å². The molecule has 0 amide bonds. The largest absolute Gasteiger partial charge is 0.258 e. The van der Waals surface area contributed by atoms with Gasteiger partial charge in [0.25, 0.3) is 5.82 Å². The van der Waals surface area contributed by atoms with E-state index in [4.69, 9.17) is 0 Å². The second-order valence-electron chi connectivity index (χ2n) is 9.40. The van der Waals surface area contributed by atoms with Gasteiger partial charge < -0.3 is 0 Å². The summed E-state index contributed by atoms with van der Waals surface area (Å²) in [5.74, 6) is 1.32. The molecule has 0 aliphatic carbocycles. The molecule has 0 atom stereocenters. The molecule has 0 spiro atoms. The van der Waals surface area contributed by atoms with Crippen LogP contribution in [0.3, 0.4) is 0 Å². The third-order valence-electron chi connectivity index (χ3n) is 6.70. The number of benzene rings is 1. The summed E-state index contributed by atoms with van der Waals surface area (Å²) < 4.78 is 4.69. The molecule has 0 N–H and O–H groups in total. The Morgan fingerprint density at radius 1 is 0.613 bits per heavy atom. The van der Waals surface area contributed by atoms with E-state index in [1.165, 1.54) is 121 Å². The highest BCUT2D eigenvalue weighted by Gasteiger charge is 2.13.